The van der Waals surface area contributed by atoms with E-state index in [9.17, 15) is 9.59 Å². The van der Waals surface area contributed by atoms with Gasteiger partial charge in [-0.2, -0.15) is 0 Å². The van der Waals surface area contributed by atoms with E-state index in [1.807, 2.05) is 25.1 Å². The van der Waals surface area contributed by atoms with Crippen LogP contribution in [0.4, 0.5) is 5.69 Å². The largest absolute Gasteiger partial charge is 0.497 e. The average molecular weight is 611 g/mol. The van der Waals surface area contributed by atoms with Crippen molar-refractivity contribution in [3.05, 3.63) is 53.6 Å². The summed E-state index contributed by atoms with van der Waals surface area (Å²) in [5.74, 6) is 1.13. The van der Waals surface area contributed by atoms with Crippen molar-refractivity contribution in [2.75, 3.05) is 58.5 Å². The smallest absolute Gasteiger partial charge is 0.224 e. The third kappa shape index (κ3) is 8.86. The number of nitrogens with one attached hydrogen (secondary N) is 2. The number of amides is 2. The average Bonchev–Trinajstić information content (AvgIpc) is 3.03. The van der Waals surface area contributed by atoms with E-state index in [-0.39, 0.29) is 36.4 Å². The van der Waals surface area contributed by atoms with E-state index >= 15 is 0 Å². The van der Waals surface area contributed by atoms with Crippen molar-refractivity contribution in [3.63, 3.8) is 0 Å². The fourth-order valence-electron chi connectivity index (χ4n) is 5.87. The minimum Gasteiger partial charge on any atom is -0.497 e. The molecule has 2 aliphatic heterocycles. The van der Waals surface area contributed by atoms with E-state index in [2.05, 4.69) is 39.8 Å². The molecule has 0 aliphatic carbocycles. The summed E-state index contributed by atoms with van der Waals surface area (Å²) < 4.78 is 23.2. The number of carbonyl (C=O) groups is 2. The van der Waals surface area contributed by atoms with Gasteiger partial charge in [-0.3, -0.25) is 9.59 Å². The number of piperidine rings is 1. The molecule has 10 nitrogen and oxygen atoms in total. The number of rotatable bonds is 15. The lowest BCUT2D eigenvalue weighted by atomic mass is 9.81. The SMILES string of the molecule is COCCCN1CCOc2ccc(CO[C@H]3CN[C@@H](C[C@@H](C)C(=O)NCC(C)(C)C(N)=O)C[C@@H]3c3ccc(OC)cc3)cc21. The first-order chi connectivity index (χ1) is 21.1. The fraction of sp³-hybridized carbons (Fsp3) is 0.588. The summed E-state index contributed by atoms with van der Waals surface area (Å²) >= 11 is 0. The van der Waals surface area contributed by atoms with E-state index in [1.54, 1.807) is 28.1 Å². The number of anilines is 1. The van der Waals surface area contributed by atoms with Crippen LogP contribution in [0.15, 0.2) is 42.5 Å². The second kappa shape index (κ2) is 15.6. The van der Waals surface area contributed by atoms with Gasteiger partial charge in [-0.15, -0.1) is 0 Å². The third-order valence-corrected chi connectivity index (χ3v) is 8.82. The monoisotopic (exact) mass is 610 g/mol. The molecule has 0 radical (unpaired) electrons. The van der Waals surface area contributed by atoms with Crippen LogP contribution in [0, 0.1) is 11.3 Å². The second-order valence-corrected chi connectivity index (χ2v) is 12.7. The number of nitrogens with zero attached hydrogens (tertiary/aromatic N) is 1. The molecule has 1 fully saturated rings. The lowest BCUT2D eigenvalue weighted by Gasteiger charge is -2.38. The van der Waals surface area contributed by atoms with Gasteiger partial charge in [-0.25, -0.2) is 0 Å². The summed E-state index contributed by atoms with van der Waals surface area (Å²) in [7, 11) is 3.40. The highest BCUT2D eigenvalue weighted by Crippen LogP contribution is 2.35. The van der Waals surface area contributed by atoms with Crippen LogP contribution in [0.2, 0.25) is 0 Å². The standard InChI is InChI=1S/C34H50N4O6/c1-23(32(39)37-22-34(2,3)33(35)40)17-26-19-28(25-8-10-27(42-5)11-9-25)31(20-36-26)44-21-24-7-12-30-29(18-24)38(14-16-43-30)13-6-15-41-4/h7-12,18,23,26,28,31,36H,6,13-17,19-22H2,1-5H3,(H2,35,40)(H,37,39)/t23-,26+,28-,31+/m1/s1. The predicted molar refractivity (Wildman–Crippen MR) is 171 cm³/mol. The summed E-state index contributed by atoms with van der Waals surface area (Å²) in [5.41, 5.74) is 8.07. The normalized spacial score (nSPS) is 20.8. The van der Waals surface area contributed by atoms with Gasteiger partial charge < -0.3 is 40.2 Å². The third-order valence-electron chi connectivity index (χ3n) is 8.82. The molecule has 4 rings (SSSR count). The number of nitrogens with two attached hydrogens (primary N) is 1. The Morgan fingerprint density at radius 2 is 1.95 bits per heavy atom. The van der Waals surface area contributed by atoms with E-state index in [0.717, 1.165) is 55.3 Å². The molecule has 4 atom stereocenters. The van der Waals surface area contributed by atoms with Gasteiger partial charge >= 0.3 is 0 Å². The van der Waals surface area contributed by atoms with Gasteiger partial charge in [-0.1, -0.05) is 25.1 Å². The molecule has 2 aromatic rings. The molecule has 0 saturated carbocycles. The Labute approximate surface area is 261 Å². The quantitative estimate of drug-likeness (QED) is 0.261. The predicted octanol–water partition coefficient (Wildman–Crippen LogP) is 3.62. The van der Waals surface area contributed by atoms with Gasteiger partial charge in [0.2, 0.25) is 11.8 Å². The molecule has 2 aromatic carbocycles. The number of ether oxygens (including phenoxy) is 4. The molecule has 242 valence electrons. The highest BCUT2D eigenvalue weighted by Gasteiger charge is 2.34. The van der Waals surface area contributed by atoms with Crippen molar-refractivity contribution in [1.82, 2.24) is 10.6 Å². The van der Waals surface area contributed by atoms with E-state index in [4.69, 9.17) is 24.7 Å². The Bertz CT molecular complexity index is 1240. The van der Waals surface area contributed by atoms with Crippen molar-refractivity contribution in [2.45, 2.75) is 64.7 Å². The zero-order valence-corrected chi connectivity index (χ0v) is 26.9. The van der Waals surface area contributed by atoms with Crippen molar-refractivity contribution in [3.8, 4) is 11.5 Å². The Morgan fingerprint density at radius 1 is 1.18 bits per heavy atom. The number of carbonyl (C=O) groups excluding carboxylic acids is 2. The highest BCUT2D eigenvalue weighted by atomic mass is 16.5. The van der Waals surface area contributed by atoms with E-state index in [1.165, 1.54) is 5.56 Å². The summed E-state index contributed by atoms with van der Waals surface area (Å²) in [6, 6.07) is 14.6. The molecule has 2 heterocycles. The van der Waals surface area contributed by atoms with Crippen LogP contribution in [0.3, 0.4) is 0 Å². The zero-order chi connectivity index (χ0) is 31.7. The van der Waals surface area contributed by atoms with Crippen LogP contribution in [-0.2, 0) is 25.7 Å². The number of primary amides is 1. The second-order valence-electron chi connectivity index (χ2n) is 12.7. The van der Waals surface area contributed by atoms with Crippen molar-refractivity contribution in [2.24, 2.45) is 17.1 Å². The van der Waals surface area contributed by atoms with Gasteiger partial charge in [0.1, 0.15) is 18.1 Å². The van der Waals surface area contributed by atoms with Crippen LogP contribution < -0.4 is 30.7 Å². The van der Waals surface area contributed by atoms with Gasteiger partial charge in [0.05, 0.1) is 37.5 Å². The molecule has 2 aliphatic rings. The van der Waals surface area contributed by atoms with Crippen LogP contribution >= 0.6 is 0 Å². The van der Waals surface area contributed by atoms with Crippen LogP contribution in [0.1, 0.15) is 57.1 Å². The van der Waals surface area contributed by atoms with Crippen LogP contribution in [-0.4, -0.2) is 77.6 Å². The topological polar surface area (TPSA) is 124 Å². The molecule has 0 unspecified atom stereocenters. The maximum Gasteiger partial charge on any atom is 0.224 e. The summed E-state index contributed by atoms with van der Waals surface area (Å²) in [5, 5.41) is 6.56. The molecule has 0 spiro atoms. The Kier molecular flexibility index (Phi) is 11.9. The first-order valence-corrected chi connectivity index (χ1v) is 15.7. The highest BCUT2D eigenvalue weighted by molar-refractivity contribution is 5.82. The maximum absolute atomic E-state index is 12.9. The minimum absolute atomic E-state index is 0.0507. The molecule has 44 heavy (non-hydrogen) atoms. The van der Waals surface area contributed by atoms with Crippen molar-refractivity contribution in [1.29, 1.82) is 0 Å². The number of methoxy groups -OCH3 is 2. The molecule has 10 heteroatoms. The molecular formula is C34H50N4O6. The van der Waals surface area contributed by atoms with Gasteiger partial charge in [0.15, 0.2) is 0 Å². The van der Waals surface area contributed by atoms with Crippen molar-refractivity contribution < 1.29 is 28.5 Å². The number of hydrogen-bond donors (Lipinski definition) is 3. The summed E-state index contributed by atoms with van der Waals surface area (Å²) in [6.45, 7) is 9.95. The molecule has 1 saturated heterocycles. The van der Waals surface area contributed by atoms with E-state index < -0.39 is 11.3 Å². The first-order valence-electron chi connectivity index (χ1n) is 15.7. The number of fused-ring (bicyclic) bond motifs is 1. The first kappa shape index (κ1) is 33.6. The summed E-state index contributed by atoms with van der Waals surface area (Å²) in [6.07, 6.45) is 2.41. The zero-order valence-electron chi connectivity index (χ0n) is 26.9. The molecule has 0 bridgehead atoms. The molecule has 0 aromatic heterocycles. The summed E-state index contributed by atoms with van der Waals surface area (Å²) in [4.78, 5) is 26.9. The van der Waals surface area contributed by atoms with Gasteiger partial charge in [-0.05, 0) is 68.5 Å². The minimum atomic E-state index is -0.796. The Morgan fingerprint density at radius 3 is 2.66 bits per heavy atom. The Hall–Kier alpha value is -3.34. The molecular weight excluding hydrogens is 560 g/mol. The van der Waals surface area contributed by atoms with Gasteiger partial charge in [0.25, 0.3) is 0 Å². The van der Waals surface area contributed by atoms with Gasteiger partial charge in [0, 0.05) is 51.2 Å². The Balaban J connectivity index is 1.41. The number of benzene rings is 2. The van der Waals surface area contributed by atoms with E-state index in [0.29, 0.717) is 26.2 Å². The van der Waals surface area contributed by atoms with Crippen LogP contribution in [0.5, 0.6) is 11.5 Å². The lowest BCUT2D eigenvalue weighted by molar-refractivity contribution is -0.128. The van der Waals surface area contributed by atoms with Crippen LogP contribution in [0.25, 0.3) is 0 Å². The fourth-order valence-corrected chi connectivity index (χ4v) is 5.87. The maximum atomic E-state index is 12.9. The number of hydrogen-bond acceptors (Lipinski definition) is 8. The molecule has 2 amide bonds. The molecule has 4 N–H and O–H groups in total. The van der Waals surface area contributed by atoms with Crippen molar-refractivity contribution >= 4 is 17.5 Å². The lowest BCUT2D eigenvalue weighted by Crippen LogP contribution is -2.49.